The molecule has 184 valence electrons. The maximum Gasteiger partial charge on any atom is 0.259 e. The predicted octanol–water partition coefficient (Wildman–Crippen LogP) is 5.99. The molecule has 0 bridgehead atoms. The van der Waals surface area contributed by atoms with Crippen LogP contribution < -0.4 is 4.90 Å². The SMILES string of the molecule is Cc1ccc(Cl)cc1N1CCN(C(=O)c2cnn3c(-c4ccccc4)cc(-c4ccccc4)nc23)CC1. The molecular weight excluding hydrogens is 482 g/mol. The number of halogens is 1. The van der Waals surface area contributed by atoms with E-state index in [0.29, 0.717) is 24.3 Å². The number of carbonyl (C=O) groups excluding carboxylic acids is 1. The Kier molecular flexibility index (Phi) is 6.10. The lowest BCUT2D eigenvalue weighted by atomic mass is 10.1. The fraction of sp³-hybridized carbons (Fsp3) is 0.167. The van der Waals surface area contributed by atoms with Crippen LogP contribution >= 0.6 is 11.6 Å². The number of benzene rings is 3. The summed E-state index contributed by atoms with van der Waals surface area (Å²) < 4.78 is 1.78. The lowest BCUT2D eigenvalue weighted by Crippen LogP contribution is -2.49. The molecule has 6 rings (SSSR count). The zero-order chi connectivity index (χ0) is 25.4. The van der Waals surface area contributed by atoms with Crippen LogP contribution in [0.15, 0.2) is 91.1 Å². The molecule has 6 nitrogen and oxygen atoms in total. The van der Waals surface area contributed by atoms with Crippen LogP contribution in [0.2, 0.25) is 5.02 Å². The Hall–Kier alpha value is -4.16. The van der Waals surface area contributed by atoms with Gasteiger partial charge in [-0.3, -0.25) is 4.79 Å². The molecule has 3 heterocycles. The van der Waals surface area contributed by atoms with E-state index in [1.807, 2.05) is 89.8 Å². The van der Waals surface area contributed by atoms with Crippen molar-refractivity contribution in [2.24, 2.45) is 0 Å². The minimum Gasteiger partial charge on any atom is -0.368 e. The van der Waals surface area contributed by atoms with Crippen LogP contribution in [0.5, 0.6) is 0 Å². The minimum absolute atomic E-state index is 0.0470. The number of hydrogen-bond donors (Lipinski definition) is 0. The van der Waals surface area contributed by atoms with Gasteiger partial charge in [0.2, 0.25) is 0 Å². The van der Waals surface area contributed by atoms with Crippen molar-refractivity contribution >= 4 is 28.8 Å². The van der Waals surface area contributed by atoms with Gasteiger partial charge in [0.05, 0.1) is 17.6 Å². The third-order valence-corrected chi connectivity index (χ3v) is 7.16. The van der Waals surface area contributed by atoms with E-state index in [4.69, 9.17) is 16.6 Å². The molecule has 0 saturated carbocycles. The number of anilines is 1. The van der Waals surface area contributed by atoms with Crippen LogP contribution in [0.4, 0.5) is 5.69 Å². The van der Waals surface area contributed by atoms with Crippen LogP contribution in [-0.2, 0) is 0 Å². The highest BCUT2D eigenvalue weighted by Gasteiger charge is 2.27. The predicted molar refractivity (Wildman–Crippen MR) is 148 cm³/mol. The Labute approximate surface area is 220 Å². The zero-order valence-electron chi connectivity index (χ0n) is 20.5. The smallest absolute Gasteiger partial charge is 0.259 e. The Morgan fingerprint density at radius 1 is 0.838 bits per heavy atom. The molecule has 5 aromatic rings. The number of aryl methyl sites for hydroxylation is 1. The molecule has 0 radical (unpaired) electrons. The third-order valence-electron chi connectivity index (χ3n) is 6.92. The van der Waals surface area contributed by atoms with E-state index < -0.39 is 0 Å². The Morgan fingerprint density at radius 3 is 2.22 bits per heavy atom. The molecule has 2 aromatic heterocycles. The largest absolute Gasteiger partial charge is 0.368 e. The van der Waals surface area contributed by atoms with Gasteiger partial charge in [0.1, 0.15) is 5.56 Å². The van der Waals surface area contributed by atoms with E-state index in [0.717, 1.165) is 46.3 Å². The summed E-state index contributed by atoms with van der Waals surface area (Å²) in [5.41, 5.74) is 7.09. The van der Waals surface area contributed by atoms with Gasteiger partial charge in [-0.05, 0) is 30.7 Å². The zero-order valence-corrected chi connectivity index (χ0v) is 21.3. The van der Waals surface area contributed by atoms with E-state index in [-0.39, 0.29) is 5.91 Å². The molecule has 0 aliphatic carbocycles. The first-order valence-corrected chi connectivity index (χ1v) is 12.8. The molecule has 1 amide bonds. The van der Waals surface area contributed by atoms with Crippen molar-refractivity contribution < 1.29 is 4.79 Å². The van der Waals surface area contributed by atoms with Gasteiger partial charge < -0.3 is 9.80 Å². The second-order valence-electron chi connectivity index (χ2n) is 9.26. The summed E-state index contributed by atoms with van der Waals surface area (Å²) in [4.78, 5) is 22.8. The van der Waals surface area contributed by atoms with Crippen LogP contribution in [0.1, 0.15) is 15.9 Å². The number of fused-ring (bicyclic) bond motifs is 1. The van der Waals surface area contributed by atoms with Gasteiger partial charge in [0.15, 0.2) is 5.65 Å². The van der Waals surface area contributed by atoms with E-state index in [1.54, 1.807) is 10.7 Å². The van der Waals surface area contributed by atoms with Gasteiger partial charge in [0.25, 0.3) is 5.91 Å². The van der Waals surface area contributed by atoms with Crippen LogP contribution in [0.3, 0.4) is 0 Å². The Balaban J connectivity index is 1.34. The monoisotopic (exact) mass is 507 g/mol. The van der Waals surface area contributed by atoms with Crippen molar-refractivity contribution in [1.29, 1.82) is 0 Å². The number of carbonyl (C=O) groups is 1. The summed E-state index contributed by atoms with van der Waals surface area (Å²) in [6.45, 7) is 4.80. The maximum absolute atomic E-state index is 13.7. The fourth-order valence-corrected chi connectivity index (χ4v) is 5.10. The topological polar surface area (TPSA) is 53.7 Å². The summed E-state index contributed by atoms with van der Waals surface area (Å²) in [5.74, 6) is -0.0470. The van der Waals surface area contributed by atoms with Gasteiger partial charge in [-0.25, -0.2) is 9.50 Å². The molecule has 0 spiro atoms. The van der Waals surface area contributed by atoms with E-state index in [9.17, 15) is 4.79 Å². The normalized spacial score (nSPS) is 13.8. The van der Waals surface area contributed by atoms with Crippen LogP contribution in [0.25, 0.3) is 28.2 Å². The third kappa shape index (κ3) is 4.45. The van der Waals surface area contributed by atoms with Crippen molar-refractivity contribution in [2.75, 3.05) is 31.1 Å². The first-order valence-electron chi connectivity index (χ1n) is 12.4. The standard InChI is InChI=1S/C30H26ClN5O/c1-21-12-13-24(31)18-27(21)34-14-16-35(17-15-34)30(37)25-20-32-36-28(23-10-6-3-7-11-23)19-26(33-29(25)36)22-8-4-2-5-9-22/h2-13,18-20H,14-17H2,1H3. The molecular formula is C30H26ClN5O. The summed E-state index contributed by atoms with van der Waals surface area (Å²) in [6.07, 6.45) is 1.65. The molecule has 0 unspecified atom stereocenters. The Morgan fingerprint density at radius 2 is 1.51 bits per heavy atom. The molecule has 1 aliphatic rings. The van der Waals surface area contributed by atoms with Crippen molar-refractivity contribution in [3.63, 3.8) is 0 Å². The average molecular weight is 508 g/mol. The Bertz CT molecular complexity index is 1570. The number of aromatic nitrogens is 3. The van der Waals surface area contributed by atoms with Gasteiger partial charge >= 0.3 is 0 Å². The van der Waals surface area contributed by atoms with Crippen molar-refractivity contribution in [1.82, 2.24) is 19.5 Å². The molecule has 1 saturated heterocycles. The number of rotatable bonds is 4. The average Bonchev–Trinajstić information content (AvgIpc) is 3.38. The van der Waals surface area contributed by atoms with Crippen molar-refractivity contribution in [3.8, 4) is 22.5 Å². The highest BCUT2D eigenvalue weighted by Crippen LogP contribution is 2.29. The van der Waals surface area contributed by atoms with Gasteiger partial charge in [-0.2, -0.15) is 5.10 Å². The lowest BCUT2D eigenvalue weighted by Gasteiger charge is -2.36. The second kappa shape index (κ2) is 9.71. The molecule has 7 heteroatoms. The molecule has 37 heavy (non-hydrogen) atoms. The summed E-state index contributed by atoms with van der Waals surface area (Å²) in [7, 11) is 0. The number of amides is 1. The molecule has 0 atom stereocenters. The molecule has 0 N–H and O–H groups in total. The number of hydrogen-bond acceptors (Lipinski definition) is 4. The van der Waals surface area contributed by atoms with E-state index in [1.165, 1.54) is 5.56 Å². The maximum atomic E-state index is 13.7. The molecule has 1 aliphatic heterocycles. The van der Waals surface area contributed by atoms with E-state index >= 15 is 0 Å². The fourth-order valence-electron chi connectivity index (χ4n) is 4.93. The van der Waals surface area contributed by atoms with Crippen molar-refractivity contribution in [3.05, 3.63) is 107 Å². The van der Waals surface area contributed by atoms with Crippen LogP contribution in [-0.4, -0.2) is 51.6 Å². The van der Waals surface area contributed by atoms with E-state index in [2.05, 4.69) is 16.9 Å². The van der Waals surface area contributed by atoms with Gasteiger partial charge in [-0.1, -0.05) is 78.3 Å². The molecule has 1 fully saturated rings. The first-order chi connectivity index (χ1) is 18.1. The second-order valence-corrected chi connectivity index (χ2v) is 9.70. The highest BCUT2D eigenvalue weighted by atomic mass is 35.5. The summed E-state index contributed by atoms with van der Waals surface area (Å²) in [5, 5.41) is 5.33. The van der Waals surface area contributed by atoms with Gasteiger partial charge in [-0.15, -0.1) is 0 Å². The highest BCUT2D eigenvalue weighted by molar-refractivity contribution is 6.30. The summed E-state index contributed by atoms with van der Waals surface area (Å²) >= 11 is 6.24. The quantitative estimate of drug-likeness (QED) is 0.300. The number of piperazine rings is 1. The summed E-state index contributed by atoms with van der Waals surface area (Å²) in [6, 6.07) is 28.1. The van der Waals surface area contributed by atoms with Gasteiger partial charge in [0, 0.05) is 48.0 Å². The number of nitrogens with zero attached hydrogens (tertiary/aromatic N) is 5. The minimum atomic E-state index is -0.0470. The van der Waals surface area contributed by atoms with Crippen molar-refractivity contribution in [2.45, 2.75) is 6.92 Å². The van der Waals surface area contributed by atoms with Crippen LogP contribution in [0, 0.1) is 6.92 Å². The lowest BCUT2D eigenvalue weighted by molar-refractivity contribution is 0.0748. The molecule has 3 aromatic carbocycles. The first kappa shape index (κ1) is 23.3.